The summed E-state index contributed by atoms with van der Waals surface area (Å²) in [6.07, 6.45) is 22.5. The molecule has 1 fully saturated rings. The van der Waals surface area contributed by atoms with Crippen molar-refractivity contribution in [1.82, 2.24) is 5.32 Å². The van der Waals surface area contributed by atoms with Gasteiger partial charge in [-0.05, 0) is 31.0 Å². The summed E-state index contributed by atoms with van der Waals surface area (Å²) in [5.41, 5.74) is 0. The van der Waals surface area contributed by atoms with Crippen molar-refractivity contribution in [3.63, 3.8) is 0 Å². The number of nitrogens with one attached hydrogen (secondary N) is 1. The standard InChI is InChI=1S/C24H47NO3S2/c1-2-3-4-5-6-7-8-9-10-11-12-13-14-15-16-17-19-28-24(29)25-21-23-18-20-30(26,27)22-23/h23H,2-22H2,1H3,(H,25,29). The summed E-state index contributed by atoms with van der Waals surface area (Å²) in [7, 11) is -2.81. The van der Waals surface area contributed by atoms with Gasteiger partial charge in [-0.1, -0.05) is 103 Å². The summed E-state index contributed by atoms with van der Waals surface area (Å²) in [5, 5.41) is 3.48. The fourth-order valence-corrected chi connectivity index (χ4v) is 6.16. The Labute approximate surface area is 192 Å². The number of unbranched alkanes of at least 4 members (excludes halogenated alkanes) is 15. The molecule has 30 heavy (non-hydrogen) atoms. The Bertz CT molecular complexity index is 523. The lowest BCUT2D eigenvalue weighted by molar-refractivity contribution is 0.284. The summed E-state index contributed by atoms with van der Waals surface area (Å²) < 4.78 is 28.4. The maximum Gasteiger partial charge on any atom is 0.256 e. The van der Waals surface area contributed by atoms with Crippen LogP contribution in [-0.2, 0) is 14.6 Å². The zero-order valence-corrected chi connectivity index (χ0v) is 21.1. The molecule has 0 radical (unpaired) electrons. The molecule has 1 unspecified atom stereocenters. The van der Waals surface area contributed by atoms with E-state index in [9.17, 15) is 8.42 Å². The highest BCUT2D eigenvalue weighted by molar-refractivity contribution is 7.91. The van der Waals surface area contributed by atoms with Gasteiger partial charge in [0.05, 0.1) is 18.1 Å². The van der Waals surface area contributed by atoms with Crippen LogP contribution in [0, 0.1) is 5.92 Å². The lowest BCUT2D eigenvalue weighted by atomic mass is 10.0. The number of hydrogen-bond donors (Lipinski definition) is 1. The molecule has 0 spiro atoms. The first-order chi connectivity index (χ1) is 14.5. The molecular formula is C24H47NO3S2. The van der Waals surface area contributed by atoms with Crippen molar-refractivity contribution >= 4 is 27.2 Å². The Morgan fingerprint density at radius 2 is 1.30 bits per heavy atom. The van der Waals surface area contributed by atoms with Crippen molar-refractivity contribution in [3.8, 4) is 0 Å². The highest BCUT2D eigenvalue weighted by Gasteiger charge is 2.27. The van der Waals surface area contributed by atoms with Gasteiger partial charge in [0.25, 0.3) is 5.17 Å². The number of hydrogen-bond acceptors (Lipinski definition) is 4. The first-order valence-electron chi connectivity index (χ1n) is 12.6. The third-order valence-electron chi connectivity index (χ3n) is 6.09. The van der Waals surface area contributed by atoms with E-state index < -0.39 is 9.84 Å². The van der Waals surface area contributed by atoms with Crippen molar-refractivity contribution in [1.29, 1.82) is 0 Å². The van der Waals surface area contributed by atoms with E-state index in [1.54, 1.807) is 0 Å². The second kappa shape index (κ2) is 18.2. The summed E-state index contributed by atoms with van der Waals surface area (Å²) in [6.45, 7) is 3.55. The van der Waals surface area contributed by atoms with Crippen LogP contribution in [-0.4, -0.2) is 38.2 Å². The van der Waals surface area contributed by atoms with E-state index in [2.05, 4.69) is 12.2 Å². The first-order valence-corrected chi connectivity index (χ1v) is 14.9. The van der Waals surface area contributed by atoms with E-state index in [0.717, 1.165) is 12.8 Å². The molecule has 0 saturated carbocycles. The number of thiocarbonyl (C=S) groups is 1. The van der Waals surface area contributed by atoms with Crippen molar-refractivity contribution < 1.29 is 13.2 Å². The molecule has 0 aromatic rings. The average molecular weight is 462 g/mol. The van der Waals surface area contributed by atoms with Gasteiger partial charge in [-0.15, -0.1) is 0 Å². The van der Waals surface area contributed by atoms with Crippen molar-refractivity contribution in [3.05, 3.63) is 0 Å². The molecule has 1 saturated heterocycles. The molecule has 4 nitrogen and oxygen atoms in total. The van der Waals surface area contributed by atoms with E-state index in [-0.39, 0.29) is 11.7 Å². The van der Waals surface area contributed by atoms with Gasteiger partial charge in [0, 0.05) is 6.54 Å². The van der Waals surface area contributed by atoms with E-state index >= 15 is 0 Å². The molecule has 1 heterocycles. The fraction of sp³-hybridized carbons (Fsp3) is 0.958. The van der Waals surface area contributed by atoms with Gasteiger partial charge in [0.15, 0.2) is 9.84 Å². The number of ether oxygens (including phenoxy) is 1. The Morgan fingerprint density at radius 1 is 0.833 bits per heavy atom. The SMILES string of the molecule is CCCCCCCCCCCCCCCCCCOC(=S)NCC1CCS(=O)(=O)C1. The summed E-state index contributed by atoms with van der Waals surface area (Å²) in [5.74, 6) is 0.764. The minimum atomic E-state index is -2.81. The lowest BCUT2D eigenvalue weighted by Crippen LogP contribution is -2.30. The molecule has 1 atom stereocenters. The van der Waals surface area contributed by atoms with Gasteiger partial charge < -0.3 is 10.1 Å². The Morgan fingerprint density at radius 3 is 1.73 bits per heavy atom. The minimum Gasteiger partial charge on any atom is -0.471 e. The molecule has 0 aromatic carbocycles. The first kappa shape index (κ1) is 27.7. The van der Waals surface area contributed by atoms with E-state index in [4.69, 9.17) is 17.0 Å². The minimum absolute atomic E-state index is 0.173. The fourth-order valence-electron chi connectivity index (χ4n) is 4.13. The maximum atomic E-state index is 11.4. The lowest BCUT2D eigenvalue weighted by Gasteiger charge is -2.12. The molecule has 0 amide bonds. The summed E-state index contributed by atoms with van der Waals surface area (Å²) in [6, 6.07) is 0. The van der Waals surface area contributed by atoms with Crippen LogP contribution in [0.5, 0.6) is 0 Å². The zero-order valence-electron chi connectivity index (χ0n) is 19.5. The van der Waals surface area contributed by atoms with Gasteiger partial charge in [-0.25, -0.2) is 8.42 Å². The highest BCUT2D eigenvalue weighted by Crippen LogP contribution is 2.17. The summed E-state index contributed by atoms with van der Waals surface area (Å²) >= 11 is 5.17. The zero-order chi connectivity index (χ0) is 21.9. The molecule has 6 heteroatoms. The van der Waals surface area contributed by atoms with Crippen LogP contribution in [0.1, 0.15) is 116 Å². The van der Waals surface area contributed by atoms with Crippen LogP contribution < -0.4 is 5.32 Å². The molecule has 178 valence electrons. The molecule has 1 aliphatic rings. The summed E-state index contributed by atoms with van der Waals surface area (Å²) in [4.78, 5) is 0. The Balaban J connectivity index is 1.75. The van der Waals surface area contributed by atoms with Gasteiger partial charge in [-0.3, -0.25) is 0 Å². The quantitative estimate of drug-likeness (QED) is 0.174. The van der Waals surface area contributed by atoms with E-state index in [0.29, 0.717) is 24.1 Å². The predicted molar refractivity (Wildman–Crippen MR) is 133 cm³/mol. The third-order valence-corrected chi connectivity index (χ3v) is 8.19. The van der Waals surface area contributed by atoms with Crippen LogP contribution in [0.15, 0.2) is 0 Å². The monoisotopic (exact) mass is 461 g/mol. The van der Waals surface area contributed by atoms with Gasteiger partial charge in [-0.2, -0.15) is 0 Å². The third kappa shape index (κ3) is 16.3. The van der Waals surface area contributed by atoms with Crippen LogP contribution >= 0.6 is 12.2 Å². The average Bonchev–Trinajstić information content (AvgIpc) is 3.07. The molecule has 1 rings (SSSR count). The van der Waals surface area contributed by atoms with Crippen molar-refractivity contribution in [2.24, 2.45) is 5.92 Å². The molecule has 0 aromatic heterocycles. The Kier molecular flexibility index (Phi) is 16.8. The molecule has 0 bridgehead atoms. The molecule has 1 aliphatic heterocycles. The topological polar surface area (TPSA) is 55.4 Å². The molecule has 0 aliphatic carbocycles. The van der Waals surface area contributed by atoms with Gasteiger partial charge >= 0.3 is 0 Å². The predicted octanol–water partition coefficient (Wildman–Crippen LogP) is 6.57. The molecule has 1 N–H and O–H groups in total. The van der Waals surface area contributed by atoms with E-state index in [1.807, 2.05) is 0 Å². The van der Waals surface area contributed by atoms with Crippen molar-refractivity contribution in [2.45, 2.75) is 116 Å². The normalized spacial score (nSPS) is 17.8. The van der Waals surface area contributed by atoms with E-state index in [1.165, 1.54) is 96.3 Å². The van der Waals surface area contributed by atoms with Crippen LogP contribution in [0.4, 0.5) is 0 Å². The largest absolute Gasteiger partial charge is 0.471 e. The van der Waals surface area contributed by atoms with Gasteiger partial charge in [0.2, 0.25) is 0 Å². The van der Waals surface area contributed by atoms with Crippen molar-refractivity contribution in [2.75, 3.05) is 24.7 Å². The Hall–Kier alpha value is -0.360. The van der Waals surface area contributed by atoms with Crippen LogP contribution in [0.3, 0.4) is 0 Å². The maximum absolute atomic E-state index is 11.4. The number of sulfone groups is 1. The highest BCUT2D eigenvalue weighted by atomic mass is 32.2. The van der Waals surface area contributed by atoms with Crippen LogP contribution in [0.25, 0.3) is 0 Å². The smallest absolute Gasteiger partial charge is 0.256 e. The second-order valence-corrected chi connectivity index (χ2v) is 11.7. The number of rotatable bonds is 19. The van der Waals surface area contributed by atoms with Crippen LogP contribution in [0.2, 0.25) is 0 Å². The second-order valence-electron chi connectivity index (χ2n) is 9.09. The molecular weight excluding hydrogens is 414 g/mol. The van der Waals surface area contributed by atoms with Gasteiger partial charge in [0.1, 0.15) is 0 Å².